The molecule has 0 aliphatic carbocycles. The summed E-state index contributed by atoms with van der Waals surface area (Å²) < 4.78 is 5.55. The molecule has 2 aromatic carbocycles. The number of hydrogen-bond donors (Lipinski definition) is 2. The van der Waals surface area contributed by atoms with Gasteiger partial charge >= 0.3 is 5.97 Å². The lowest BCUT2D eigenvalue weighted by molar-refractivity contribution is -0.920. The summed E-state index contributed by atoms with van der Waals surface area (Å²) in [6.45, 7) is 8.49. The zero-order valence-corrected chi connectivity index (χ0v) is 15.2. The highest BCUT2D eigenvalue weighted by atomic mass is 16.6. The minimum atomic E-state index is -1.80. The van der Waals surface area contributed by atoms with Crippen molar-refractivity contribution < 1.29 is 19.5 Å². The van der Waals surface area contributed by atoms with E-state index in [-0.39, 0.29) is 12.6 Å². The number of quaternary nitrogens is 1. The van der Waals surface area contributed by atoms with E-state index in [0.29, 0.717) is 11.1 Å². The van der Waals surface area contributed by atoms with Crippen molar-refractivity contribution in [2.24, 2.45) is 0 Å². The van der Waals surface area contributed by atoms with Gasteiger partial charge in [-0.3, -0.25) is 0 Å². The van der Waals surface area contributed by atoms with Gasteiger partial charge in [-0.15, -0.1) is 0 Å². The summed E-state index contributed by atoms with van der Waals surface area (Å²) in [7, 11) is 0. The van der Waals surface area contributed by atoms with Crippen molar-refractivity contribution in [2.45, 2.75) is 32.4 Å². The molecule has 0 amide bonds. The largest absolute Gasteiger partial charge is 0.457 e. The highest BCUT2D eigenvalue weighted by Crippen LogP contribution is 2.30. The van der Waals surface area contributed by atoms with Gasteiger partial charge < -0.3 is 14.7 Å². The maximum Gasteiger partial charge on any atom is 0.347 e. The van der Waals surface area contributed by atoms with Crippen LogP contribution in [0.1, 0.15) is 31.9 Å². The average molecular weight is 342 g/mol. The van der Waals surface area contributed by atoms with Crippen molar-refractivity contribution >= 4 is 5.97 Å². The number of hydrogen-bond acceptors (Lipinski definition) is 3. The lowest BCUT2D eigenvalue weighted by atomic mass is 9.86. The summed E-state index contributed by atoms with van der Waals surface area (Å²) in [6, 6.07) is 18.1. The molecular weight excluding hydrogens is 314 g/mol. The normalized spacial score (nSPS) is 12.8. The van der Waals surface area contributed by atoms with Crippen molar-refractivity contribution in [3.8, 4) is 0 Å². The highest BCUT2D eigenvalue weighted by Gasteiger charge is 2.42. The number of carbonyl (C=O) groups is 1. The first-order valence-corrected chi connectivity index (χ1v) is 8.89. The van der Waals surface area contributed by atoms with E-state index in [9.17, 15) is 9.90 Å². The predicted molar refractivity (Wildman–Crippen MR) is 98.3 cm³/mol. The molecule has 0 aromatic heterocycles. The molecule has 2 rings (SSSR count). The van der Waals surface area contributed by atoms with Crippen LogP contribution in [0, 0.1) is 0 Å². The van der Waals surface area contributed by atoms with Crippen LogP contribution in [-0.4, -0.2) is 36.8 Å². The van der Waals surface area contributed by atoms with E-state index >= 15 is 0 Å². The third kappa shape index (κ3) is 4.27. The van der Waals surface area contributed by atoms with Gasteiger partial charge in [0.1, 0.15) is 12.6 Å². The smallest absolute Gasteiger partial charge is 0.347 e. The maximum atomic E-state index is 12.9. The molecule has 4 heteroatoms. The van der Waals surface area contributed by atoms with Crippen molar-refractivity contribution in [2.75, 3.05) is 19.7 Å². The Morgan fingerprint density at radius 1 is 1.00 bits per heavy atom. The van der Waals surface area contributed by atoms with Gasteiger partial charge in [0.15, 0.2) is 0 Å². The number of ether oxygens (including phenoxy) is 1. The molecular formula is C21H28NO3+. The molecule has 0 aliphatic rings. The molecule has 0 saturated heterocycles. The quantitative estimate of drug-likeness (QED) is 0.719. The van der Waals surface area contributed by atoms with Gasteiger partial charge in [0.05, 0.1) is 13.1 Å². The van der Waals surface area contributed by atoms with Crippen molar-refractivity contribution in [3.63, 3.8) is 0 Å². The monoisotopic (exact) mass is 342 g/mol. The number of aliphatic hydroxyl groups is 1. The molecule has 0 bridgehead atoms. The Balaban J connectivity index is 2.26. The first-order valence-electron chi connectivity index (χ1n) is 8.89. The molecule has 0 heterocycles. The fourth-order valence-electron chi connectivity index (χ4n) is 3.13. The average Bonchev–Trinajstić information content (AvgIpc) is 2.67. The van der Waals surface area contributed by atoms with Crippen LogP contribution >= 0.6 is 0 Å². The number of likely N-dealkylation sites (N-methyl/N-ethyl adjacent to an activating group) is 1. The third-order valence-corrected chi connectivity index (χ3v) is 4.75. The van der Waals surface area contributed by atoms with Crippen molar-refractivity contribution in [3.05, 3.63) is 71.8 Å². The van der Waals surface area contributed by atoms with E-state index in [2.05, 4.69) is 20.8 Å². The number of benzene rings is 2. The van der Waals surface area contributed by atoms with Crippen LogP contribution < -0.4 is 4.90 Å². The number of rotatable bonds is 8. The zero-order chi connectivity index (χ0) is 18.3. The van der Waals surface area contributed by atoms with Crippen LogP contribution in [0.25, 0.3) is 0 Å². The standard InChI is InChI=1S/C21H27NO3/c1-4-22(5-2)17(3)16-25-20(23)21(24,18-12-8-6-9-13-18)19-14-10-7-11-15-19/h6-15,17,24H,4-5,16H2,1-3H3/p+1/t17-/m0/s1. The van der Waals surface area contributed by atoms with Gasteiger partial charge in [0.25, 0.3) is 0 Å². The SMILES string of the molecule is CC[NH+](CC)[C@@H](C)COC(=O)C(O)(c1ccccc1)c1ccccc1. The maximum absolute atomic E-state index is 12.9. The second-order valence-corrected chi connectivity index (χ2v) is 6.31. The second-order valence-electron chi connectivity index (χ2n) is 6.31. The summed E-state index contributed by atoms with van der Waals surface area (Å²) >= 11 is 0. The van der Waals surface area contributed by atoms with Crippen LogP contribution in [-0.2, 0) is 15.1 Å². The molecule has 0 spiro atoms. The first-order chi connectivity index (χ1) is 12.0. The minimum absolute atomic E-state index is 0.176. The third-order valence-electron chi connectivity index (χ3n) is 4.75. The molecule has 0 unspecified atom stereocenters. The van der Waals surface area contributed by atoms with E-state index in [1.807, 2.05) is 12.1 Å². The summed E-state index contributed by atoms with van der Waals surface area (Å²) in [5, 5.41) is 11.3. The van der Waals surface area contributed by atoms with E-state index in [0.717, 1.165) is 13.1 Å². The summed E-state index contributed by atoms with van der Waals surface area (Å²) in [5.74, 6) is -0.636. The topological polar surface area (TPSA) is 51.0 Å². The van der Waals surface area contributed by atoms with Gasteiger partial charge in [-0.25, -0.2) is 4.79 Å². The van der Waals surface area contributed by atoms with E-state index in [1.165, 1.54) is 4.90 Å². The van der Waals surface area contributed by atoms with Crippen LogP contribution in [0.15, 0.2) is 60.7 Å². The van der Waals surface area contributed by atoms with Gasteiger partial charge in [-0.1, -0.05) is 60.7 Å². The van der Waals surface area contributed by atoms with Gasteiger partial charge in [-0.05, 0) is 31.9 Å². The van der Waals surface area contributed by atoms with Crippen molar-refractivity contribution in [1.82, 2.24) is 0 Å². The molecule has 134 valence electrons. The van der Waals surface area contributed by atoms with Crippen LogP contribution in [0.2, 0.25) is 0 Å². The fraction of sp³-hybridized carbons (Fsp3) is 0.381. The van der Waals surface area contributed by atoms with Crippen LogP contribution in [0.3, 0.4) is 0 Å². The van der Waals surface area contributed by atoms with Gasteiger partial charge in [0.2, 0.25) is 5.60 Å². The minimum Gasteiger partial charge on any atom is -0.457 e. The summed E-state index contributed by atoms with van der Waals surface area (Å²) in [4.78, 5) is 14.2. The Bertz CT molecular complexity index is 614. The Morgan fingerprint density at radius 3 is 1.84 bits per heavy atom. The molecule has 0 radical (unpaired) electrons. The Morgan fingerprint density at radius 2 is 1.44 bits per heavy atom. The van der Waals surface area contributed by atoms with E-state index in [4.69, 9.17) is 4.74 Å². The van der Waals surface area contributed by atoms with E-state index in [1.54, 1.807) is 48.5 Å². The molecule has 1 atom stereocenters. The predicted octanol–water partition coefficient (Wildman–Crippen LogP) is 1.78. The summed E-state index contributed by atoms with van der Waals surface area (Å²) in [6.07, 6.45) is 0. The Hall–Kier alpha value is -2.17. The molecule has 0 fully saturated rings. The van der Waals surface area contributed by atoms with Crippen LogP contribution in [0.5, 0.6) is 0 Å². The van der Waals surface area contributed by atoms with E-state index < -0.39 is 11.6 Å². The number of esters is 1. The zero-order valence-electron chi connectivity index (χ0n) is 15.2. The second kappa shape index (κ2) is 8.79. The first kappa shape index (κ1) is 19.2. The molecule has 2 aromatic rings. The molecule has 25 heavy (non-hydrogen) atoms. The number of nitrogens with one attached hydrogen (secondary N) is 1. The Labute approximate surface area is 150 Å². The Kier molecular flexibility index (Phi) is 6.73. The fourth-order valence-corrected chi connectivity index (χ4v) is 3.13. The van der Waals surface area contributed by atoms with Gasteiger partial charge in [0, 0.05) is 0 Å². The highest BCUT2D eigenvalue weighted by molar-refractivity contribution is 5.85. The molecule has 2 N–H and O–H groups in total. The lowest BCUT2D eigenvalue weighted by Gasteiger charge is -2.29. The molecule has 0 aliphatic heterocycles. The molecule has 0 saturated carbocycles. The lowest BCUT2D eigenvalue weighted by Crippen LogP contribution is -3.15. The van der Waals surface area contributed by atoms with Crippen LogP contribution in [0.4, 0.5) is 0 Å². The molecule has 4 nitrogen and oxygen atoms in total. The van der Waals surface area contributed by atoms with Crippen molar-refractivity contribution in [1.29, 1.82) is 0 Å². The van der Waals surface area contributed by atoms with Gasteiger partial charge in [-0.2, -0.15) is 0 Å². The summed E-state index contributed by atoms with van der Waals surface area (Å²) in [5.41, 5.74) is -0.788. The number of carbonyl (C=O) groups excluding carboxylic acids is 1.